The van der Waals surface area contributed by atoms with E-state index in [1.807, 2.05) is 13.0 Å². The van der Waals surface area contributed by atoms with Crippen LogP contribution in [0.4, 0.5) is 21.0 Å². The summed E-state index contributed by atoms with van der Waals surface area (Å²) >= 11 is 4.89. The van der Waals surface area contributed by atoms with E-state index in [-0.39, 0.29) is 11.7 Å². The number of nitrogens with one attached hydrogen (secondary N) is 2. The van der Waals surface area contributed by atoms with Gasteiger partial charge in [0.25, 0.3) is 0 Å². The largest absolute Gasteiger partial charge is 0.443 e. The van der Waals surface area contributed by atoms with Crippen LogP contribution < -0.4 is 16.4 Å². The molecule has 0 spiro atoms. The molecule has 1 aromatic carbocycles. The average molecular weight is 425 g/mol. The van der Waals surface area contributed by atoms with Gasteiger partial charge < -0.3 is 25.8 Å². The summed E-state index contributed by atoms with van der Waals surface area (Å²) < 4.78 is 10.8. The highest BCUT2D eigenvalue weighted by Gasteiger charge is 2.31. The quantitative estimate of drug-likeness (QED) is 0.596. The molecule has 1 rings (SSSR count). The van der Waals surface area contributed by atoms with E-state index in [0.29, 0.717) is 17.8 Å². The van der Waals surface area contributed by atoms with E-state index in [0.717, 1.165) is 10.6 Å². The van der Waals surface area contributed by atoms with Crippen LogP contribution in [-0.2, 0) is 16.0 Å². The summed E-state index contributed by atoms with van der Waals surface area (Å²) in [5.41, 5.74) is 6.09. The zero-order valence-electron chi connectivity index (χ0n) is 18.2. The van der Waals surface area contributed by atoms with E-state index in [1.165, 1.54) is 0 Å². The van der Waals surface area contributed by atoms with Crippen LogP contribution in [0.25, 0.3) is 0 Å². The van der Waals surface area contributed by atoms with Gasteiger partial charge in [0, 0.05) is 17.9 Å². The molecule has 0 aliphatic rings. The first-order valence-electron chi connectivity index (χ1n) is 9.38. The molecule has 162 valence electrons. The van der Waals surface area contributed by atoms with Crippen molar-refractivity contribution < 1.29 is 19.1 Å². The molecule has 8 nitrogen and oxygen atoms in total. The van der Waals surface area contributed by atoms with E-state index >= 15 is 0 Å². The van der Waals surface area contributed by atoms with Crippen LogP contribution in [0.3, 0.4) is 0 Å². The Hall–Kier alpha value is -2.55. The third kappa shape index (κ3) is 8.99. The predicted octanol–water partition coefficient (Wildman–Crippen LogP) is 4.45. The zero-order valence-corrected chi connectivity index (χ0v) is 19.0. The fourth-order valence-electron chi connectivity index (χ4n) is 2.32. The highest BCUT2D eigenvalue weighted by Crippen LogP contribution is 2.24. The Balaban J connectivity index is 3.29. The molecule has 0 unspecified atom stereocenters. The van der Waals surface area contributed by atoms with Crippen LogP contribution in [0.2, 0.25) is 0 Å². The van der Waals surface area contributed by atoms with Crippen molar-refractivity contribution in [2.75, 3.05) is 17.2 Å². The van der Waals surface area contributed by atoms with Crippen molar-refractivity contribution in [3.63, 3.8) is 0 Å². The van der Waals surface area contributed by atoms with Crippen molar-refractivity contribution in [2.24, 2.45) is 5.73 Å². The Bertz CT molecular complexity index is 726. The number of nitrogens with zero attached hydrogens (tertiary/aromatic N) is 1. The van der Waals surface area contributed by atoms with E-state index in [9.17, 15) is 9.59 Å². The number of carbonyl (C=O) groups is 2. The van der Waals surface area contributed by atoms with Crippen molar-refractivity contribution in [3.8, 4) is 0 Å². The Morgan fingerprint density at radius 3 is 2.00 bits per heavy atom. The number of nitrogens with two attached hydrogens (primary N) is 1. The lowest BCUT2D eigenvalue weighted by molar-refractivity contribution is -0.000202. The molecule has 0 aromatic heterocycles. The Morgan fingerprint density at radius 2 is 1.59 bits per heavy atom. The van der Waals surface area contributed by atoms with Crippen molar-refractivity contribution in [1.29, 1.82) is 0 Å². The smallest absolute Gasteiger partial charge is 0.420 e. The maximum atomic E-state index is 12.7. The van der Waals surface area contributed by atoms with Gasteiger partial charge in [0.1, 0.15) is 11.2 Å². The fraction of sp³-hybridized carbons (Fsp3) is 0.550. The zero-order chi connectivity index (χ0) is 22.4. The molecular formula is C20H32N4O4S. The van der Waals surface area contributed by atoms with Crippen LogP contribution in [0, 0.1) is 0 Å². The van der Waals surface area contributed by atoms with E-state index in [2.05, 4.69) is 10.6 Å². The van der Waals surface area contributed by atoms with Crippen LogP contribution >= 0.6 is 12.2 Å². The monoisotopic (exact) mass is 424 g/mol. The minimum Gasteiger partial charge on any atom is -0.443 e. The summed E-state index contributed by atoms with van der Waals surface area (Å²) in [5, 5.41) is 6.18. The number of hydrogen-bond acceptors (Lipinski definition) is 6. The first-order valence-corrected chi connectivity index (χ1v) is 9.79. The molecule has 0 saturated carbocycles. The number of benzene rings is 1. The maximum absolute atomic E-state index is 12.7. The first kappa shape index (κ1) is 24.5. The summed E-state index contributed by atoms with van der Waals surface area (Å²) in [6.45, 7) is 12.9. The Kier molecular flexibility index (Phi) is 8.25. The second kappa shape index (κ2) is 9.78. The van der Waals surface area contributed by atoms with E-state index in [4.69, 9.17) is 27.4 Å². The SMILES string of the molecule is CCNc1ccc(NC(N)=S)cc1CN(C(=O)OC(C)(C)C)C(=O)OC(C)(C)C. The van der Waals surface area contributed by atoms with Gasteiger partial charge in [0.2, 0.25) is 0 Å². The number of hydrogen-bond donors (Lipinski definition) is 3. The average Bonchev–Trinajstić information content (AvgIpc) is 2.50. The van der Waals surface area contributed by atoms with Crippen LogP contribution in [-0.4, -0.2) is 39.9 Å². The third-order valence-electron chi connectivity index (χ3n) is 3.30. The van der Waals surface area contributed by atoms with Gasteiger partial charge in [-0.05, 0) is 84.4 Å². The summed E-state index contributed by atoms with van der Waals surface area (Å²) in [5.74, 6) is 0. The fourth-order valence-corrected chi connectivity index (χ4v) is 2.43. The lowest BCUT2D eigenvalue weighted by Gasteiger charge is -2.29. The summed E-state index contributed by atoms with van der Waals surface area (Å²) in [6, 6.07) is 5.38. The van der Waals surface area contributed by atoms with Gasteiger partial charge >= 0.3 is 12.2 Å². The van der Waals surface area contributed by atoms with E-state index < -0.39 is 23.4 Å². The van der Waals surface area contributed by atoms with Crippen LogP contribution in [0.15, 0.2) is 18.2 Å². The normalized spacial score (nSPS) is 11.4. The molecular weight excluding hydrogens is 392 g/mol. The standard InChI is InChI=1S/C20H32N4O4S/c1-8-22-15-10-9-14(23-16(21)29)11-13(15)12-24(17(25)27-19(2,3)4)18(26)28-20(5,6)7/h9-11,22H,8,12H2,1-7H3,(H3,21,23,29). The lowest BCUT2D eigenvalue weighted by atomic mass is 10.1. The topological polar surface area (TPSA) is 106 Å². The summed E-state index contributed by atoms with van der Waals surface area (Å²) in [4.78, 5) is 26.4. The lowest BCUT2D eigenvalue weighted by Crippen LogP contribution is -2.43. The second-order valence-corrected chi connectivity index (χ2v) is 8.88. The molecule has 0 heterocycles. The molecule has 0 fully saturated rings. The highest BCUT2D eigenvalue weighted by molar-refractivity contribution is 7.80. The van der Waals surface area contributed by atoms with E-state index in [1.54, 1.807) is 53.7 Å². The van der Waals surface area contributed by atoms with Crippen molar-refractivity contribution in [3.05, 3.63) is 23.8 Å². The molecule has 4 N–H and O–H groups in total. The highest BCUT2D eigenvalue weighted by atomic mass is 32.1. The predicted molar refractivity (Wildman–Crippen MR) is 119 cm³/mol. The van der Waals surface area contributed by atoms with Gasteiger partial charge in [-0.3, -0.25) is 0 Å². The molecule has 0 bridgehead atoms. The van der Waals surface area contributed by atoms with Gasteiger partial charge in [-0.1, -0.05) is 0 Å². The molecule has 0 aliphatic heterocycles. The van der Waals surface area contributed by atoms with Gasteiger partial charge in [-0.2, -0.15) is 0 Å². The molecule has 0 aliphatic carbocycles. The number of imide groups is 1. The number of rotatable bonds is 5. The molecule has 0 radical (unpaired) electrons. The minimum absolute atomic E-state index is 0.0565. The summed E-state index contributed by atoms with van der Waals surface area (Å²) in [7, 11) is 0. The minimum atomic E-state index is -0.790. The van der Waals surface area contributed by atoms with Gasteiger partial charge in [-0.15, -0.1) is 0 Å². The van der Waals surface area contributed by atoms with Crippen LogP contribution in [0.5, 0.6) is 0 Å². The van der Waals surface area contributed by atoms with Crippen molar-refractivity contribution in [1.82, 2.24) is 4.90 Å². The van der Waals surface area contributed by atoms with Gasteiger partial charge in [0.15, 0.2) is 5.11 Å². The maximum Gasteiger partial charge on any atom is 0.420 e. The number of anilines is 2. The van der Waals surface area contributed by atoms with Crippen molar-refractivity contribution >= 4 is 40.9 Å². The third-order valence-corrected chi connectivity index (χ3v) is 3.40. The number of ether oxygens (including phenoxy) is 2. The molecule has 0 atom stereocenters. The van der Waals surface area contributed by atoms with Crippen LogP contribution in [0.1, 0.15) is 54.0 Å². The van der Waals surface area contributed by atoms with Gasteiger partial charge in [-0.25, -0.2) is 14.5 Å². The Labute approximate surface area is 178 Å². The molecule has 0 saturated heterocycles. The summed E-state index contributed by atoms with van der Waals surface area (Å²) in [6.07, 6.45) is -1.58. The van der Waals surface area contributed by atoms with Gasteiger partial charge in [0.05, 0.1) is 6.54 Å². The Morgan fingerprint density at radius 1 is 1.07 bits per heavy atom. The second-order valence-electron chi connectivity index (χ2n) is 8.44. The molecule has 29 heavy (non-hydrogen) atoms. The first-order chi connectivity index (χ1) is 13.2. The number of amides is 2. The molecule has 2 amide bonds. The number of carbonyl (C=O) groups excluding carboxylic acids is 2. The van der Waals surface area contributed by atoms with Crippen molar-refractivity contribution in [2.45, 2.75) is 66.2 Å². The number of thiocarbonyl (C=S) groups is 1. The molecule has 9 heteroatoms. The molecule has 1 aromatic rings.